The average Bonchev–Trinajstić information content (AvgIpc) is 2.68. The van der Waals surface area contributed by atoms with Crippen LogP contribution in [0.5, 0.6) is 0 Å². The highest BCUT2D eigenvalue weighted by Crippen LogP contribution is 2.14. The predicted molar refractivity (Wildman–Crippen MR) is 112 cm³/mol. The maximum atomic E-state index is 12.5. The van der Waals surface area contributed by atoms with Gasteiger partial charge in [-0.15, -0.1) is 0 Å². The molecule has 0 saturated carbocycles. The Labute approximate surface area is 166 Å². The number of anilines is 2. The monoisotopic (exact) mass is 402 g/mol. The number of carbonyl (C=O) groups is 1. The molecule has 1 N–H and O–H groups in total. The van der Waals surface area contributed by atoms with Crippen LogP contribution < -0.4 is 10.2 Å². The fourth-order valence-electron chi connectivity index (χ4n) is 3.02. The minimum atomic E-state index is -3.00. The zero-order valence-corrected chi connectivity index (χ0v) is 17.1. The Morgan fingerprint density at radius 3 is 2.36 bits per heavy atom. The molecule has 0 bridgehead atoms. The molecule has 1 amide bonds. The number of carbonyl (C=O) groups excluding carboxylic acids is 1. The second-order valence-corrected chi connectivity index (χ2v) is 9.42. The van der Waals surface area contributed by atoms with Crippen LogP contribution in [0.15, 0.2) is 42.6 Å². The first kappa shape index (κ1) is 20.1. The number of hydrogen-bond donors (Lipinski definition) is 1. The summed E-state index contributed by atoms with van der Waals surface area (Å²) in [6.45, 7) is 1.23. The first-order valence-electron chi connectivity index (χ1n) is 9.30. The van der Waals surface area contributed by atoms with Crippen molar-refractivity contribution < 1.29 is 13.2 Å². The van der Waals surface area contributed by atoms with Crippen molar-refractivity contribution in [1.29, 1.82) is 0 Å². The molecule has 150 valence electrons. The fraction of sp³-hybridized carbons (Fsp3) is 0.400. The van der Waals surface area contributed by atoms with Crippen LogP contribution in [-0.4, -0.2) is 69.4 Å². The number of rotatable bonds is 6. The van der Waals surface area contributed by atoms with E-state index >= 15 is 0 Å². The van der Waals surface area contributed by atoms with E-state index in [1.54, 1.807) is 23.2 Å². The smallest absolute Gasteiger partial charge is 0.255 e. The van der Waals surface area contributed by atoms with Crippen molar-refractivity contribution in [2.45, 2.75) is 6.42 Å². The van der Waals surface area contributed by atoms with Gasteiger partial charge >= 0.3 is 0 Å². The van der Waals surface area contributed by atoms with E-state index < -0.39 is 9.84 Å². The first-order valence-corrected chi connectivity index (χ1v) is 11.1. The van der Waals surface area contributed by atoms with Gasteiger partial charge in [0.25, 0.3) is 5.91 Å². The summed E-state index contributed by atoms with van der Waals surface area (Å²) in [7, 11) is 1.04. The molecule has 2 aromatic rings. The van der Waals surface area contributed by atoms with Crippen molar-refractivity contribution in [2.75, 3.05) is 55.5 Å². The van der Waals surface area contributed by atoms with E-state index in [1.807, 2.05) is 14.1 Å². The van der Waals surface area contributed by atoms with Crippen molar-refractivity contribution in [2.24, 2.45) is 0 Å². The second kappa shape index (κ2) is 8.60. The highest BCUT2D eigenvalue weighted by molar-refractivity contribution is 7.91. The molecule has 0 atom stereocenters. The first-order chi connectivity index (χ1) is 13.3. The second-order valence-electron chi connectivity index (χ2n) is 7.11. The van der Waals surface area contributed by atoms with E-state index in [-0.39, 0.29) is 30.5 Å². The van der Waals surface area contributed by atoms with Crippen LogP contribution >= 0.6 is 0 Å². The van der Waals surface area contributed by atoms with Gasteiger partial charge in [0.15, 0.2) is 9.84 Å². The average molecular weight is 403 g/mol. The Kier molecular flexibility index (Phi) is 6.18. The molecule has 1 fully saturated rings. The van der Waals surface area contributed by atoms with Crippen LogP contribution in [-0.2, 0) is 16.3 Å². The molecule has 2 heterocycles. The van der Waals surface area contributed by atoms with E-state index in [9.17, 15) is 13.2 Å². The maximum Gasteiger partial charge on any atom is 0.255 e. The van der Waals surface area contributed by atoms with Crippen LogP contribution in [0.25, 0.3) is 0 Å². The molecule has 3 rings (SSSR count). The van der Waals surface area contributed by atoms with Crippen LogP contribution in [0.4, 0.5) is 11.5 Å². The Morgan fingerprint density at radius 2 is 1.79 bits per heavy atom. The van der Waals surface area contributed by atoms with Crippen LogP contribution in [0, 0.1) is 0 Å². The lowest BCUT2D eigenvalue weighted by Crippen LogP contribution is -2.43. The third-order valence-corrected chi connectivity index (χ3v) is 6.42. The number of nitrogens with one attached hydrogen (secondary N) is 1. The van der Waals surface area contributed by atoms with Crippen LogP contribution in [0.3, 0.4) is 0 Å². The van der Waals surface area contributed by atoms with Gasteiger partial charge in [0, 0.05) is 45.6 Å². The largest absolute Gasteiger partial charge is 0.378 e. The molecule has 1 aromatic heterocycles. The number of sulfone groups is 1. The highest BCUT2D eigenvalue weighted by Gasteiger charge is 2.25. The topological polar surface area (TPSA) is 82.6 Å². The Hall–Kier alpha value is -2.61. The summed E-state index contributed by atoms with van der Waals surface area (Å²) < 4.78 is 23.0. The van der Waals surface area contributed by atoms with Crippen LogP contribution in [0.1, 0.15) is 15.9 Å². The minimum Gasteiger partial charge on any atom is -0.378 e. The summed E-state index contributed by atoms with van der Waals surface area (Å²) in [5.74, 6) is 0.598. The Balaban J connectivity index is 1.49. The molecule has 8 heteroatoms. The molecule has 0 radical (unpaired) electrons. The zero-order chi connectivity index (χ0) is 20.1. The van der Waals surface area contributed by atoms with Crippen molar-refractivity contribution >= 4 is 27.2 Å². The lowest BCUT2D eigenvalue weighted by atomic mass is 10.1. The zero-order valence-electron chi connectivity index (χ0n) is 16.3. The normalized spacial score (nSPS) is 15.9. The van der Waals surface area contributed by atoms with E-state index in [0.29, 0.717) is 11.4 Å². The number of pyridine rings is 1. The quantitative estimate of drug-likeness (QED) is 0.792. The molecule has 1 saturated heterocycles. The number of nitrogens with zero attached hydrogens (tertiary/aromatic N) is 3. The number of amides is 1. The van der Waals surface area contributed by atoms with E-state index in [4.69, 9.17) is 0 Å². The third kappa shape index (κ3) is 5.22. The Morgan fingerprint density at radius 1 is 1.11 bits per heavy atom. The standard InChI is InChI=1S/C20H26N4O3S/c1-23(2)18-6-3-16(4-7-18)9-10-21-19-8-5-17(15-22-19)20(25)24-11-13-28(26,27)14-12-24/h3-8,15H,9-14H2,1-2H3,(H,21,22). The fourth-order valence-corrected chi connectivity index (χ4v) is 4.22. The van der Waals surface area contributed by atoms with E-state index in [1.165, 1.54) is 11.3 Å². The number of aromatic nitrogens is 1. The SMILES string of the molecule is CN(C)c1ccc(CCNc2ccc(C(=O)N3CCS(=O)(=O)CC3)cn2)cc1. The lowest BCUT2D eigenvalue weighted by Gasteiger charge is -2.26. The van der Waals surface area contributed by atoms with Crippen molar-refractivity contribution in [3.8, 4) is 0 Å². The lowest BCUT2D eigenvalue weighted by molar-refractivity contribution is 0.0770. The molecular weight excluding hydrogens is 376 g/mol. The number of hydrogen-bond acceptors (Lipinski definition) is 6. The predicted octanol–water partition coefficient (Wildman–Crippen LogP) is 1.67. The van der Waals surface area contributed by atoms with Gasteiger partial charge in [-0.05, 0) is 36.2 Å². The molecule has 1 aliphatic heterocycles. The van der Waals surface area contributed by atoms with Gasteiger partial charge in [-0.25, -0.2) is 13.4 Å². The summed E-state index contributed by atoms with van der Waals surface area (Å²) in [5, 5.41) is 3.26. The molecule has 28 heavy (non-hydrogen) atoms. The highest BCUT2D eigenvalue weighted by atomic mass is 32.2. The third-order valence-electron chi connectivity index (χ3n) is 4.81. The summed E-state index contributed by atoms with van der Waals surface area (Å²) in [6, 6.07) is 11.9. The molecule has 1 aromatic carbocycles. The molecular formula is C20H26N4O3S. The summed E-state index contributed by atoms with van der Waals surface area (Å²) >= 11 is 0. The summed E-state index contributed by atoms with van der Waals surface area (Å²) in [6.07, 6.45) is 2.41. The summed E-state index contributed by atoms with van der Waals surface area (Å²) in [4.78, 5) is 20.4. The molecule has 0 unspecified atom stereocenters. The molecule has 1 aliphatic rings. The molecule has 7 nitrogen and oxygen atoms in total. The number of benzene rings is 1. The molecule has 0 aliphatic carbocycles. The maximum absolute atomic E-state index is 12.5. The van der Waals surface area contributed by atoms with Crippen molar-refractivity contribution in [3.63, 3.8) is 0 Å². The van der Waals surface area contributed by atoms with E-state index in [0.717, 1.165) is 13.0 Å². The Bertz CT molecular complexity index is 895. The van der Waals surface area contributed by atoms with Gasteiger partial charge in [0.05, 0.1) is 17.1 Å². The molecule has 0 spiro atoms. The van der Waals surface area contributed by atoms with Gasteiger partial charge < -0.3 is 15.1 Å². The van der Waals surface area contributed by atoms with E-state index in [2.05, 4.69) is 39.5 Å². The van der Waals surface area contributed by atoms with Gasteiger partial charge in [-0.1, -0.05) is 12.1 Å². The van der Waals surface area contributed by atoms with Gasteiger partial charge in [-0.3, -0.25) is 4.79 Å². The van der Waals surface area contributed by atoms with Crippen molar-refractivity contribution in [1.82, 2.24) is 9.88 Å². The van der Waals surface area contributed by atoms with Gasteiger partial charge in [0.2, 0.25) is 0 Å². The minimum absolute atomic E-state index is 0.0291. The van der Waals surface area contributed by atoms with Crippen LogP contribution in [0.2, 0.25) is 0 Å². The summed E-state index contributed by atoms with van der Waals surface area (Å²) in [5.41, 5.74) is 2.89. The van der Waals surface area contributed by atoms with Gasteiger partial charge in [-0.2, -0.15) is 0 Å². The van der Waals surface area contributed by atoms with Crippen molar-refractivity contribution in [3.05, 3.63) is 53.7 Å². The van der Waals surface area contributed by atoms with Gasteiger partial charge in [0.1, 0.15) is 5.82 Å².